The summed E-state index contributed by atoms with van der Waals surface area (Å²) in [5.41, 5.74) is 0.463. The molecule has 0 saturated carbocycles. The van der Waals surface area contributed by atoms with E-state index < -0.39 is 5.60 Å². The lowest BCUT2D eigenvalue weighted by atomic mass is 9.92. The van der Waals surface area contributed by atoms with Crippen LogP contribution in [-0.4, -0.2) is 17.3 Å². The number of benzene rings is 1. The molecule has 16 heavy (non-hydrogen) atoms. The fourth-order valence-electron chi connectivity index (χ4n) is 1.31. The van der Waals surface area contributed by atoms with Crippen LogP contribution >= 0.6 is 11.6 Å². The first kappa shape index (κ1) is 13.5. The second kappa shape index (κ2) is 5.67. The van der Waals surface area contributed by atoms with Crippen molar-refractivity contribution in [2.45, 2.75) is 32.9 Å². The molecule has 0 aliphatic rings. The summed E-state index contributed by atoms with van der Waals surface area (Å²) >= 11 is 5.89. The Bertz CT molecular complexity index is 336. The molecule has 1 atom stereocenters. The van der Waals surface area contributed by atoms with E-state index in [0.717, 1.165) is 17.1 Å². The van der Waals surface area contributed by atoms with E-state index in [2.05, 4.69) is 5.32 Å². The molecule has 90 valence electrons. The van der Waals surface area contributed by atoms with Gasteiger partial charge >= 0.3 is 0 Å². The van der Waals surface area contributed by atoms with Crippen LogP contribution in [0.3, 0.4) is 0 Å². The van der Waals surface area contributed by atoms with E-state index in [9.17, 15) is 5.11 Å². The van der Waals surface area contributed by atoms with Gasteiger partial charge in [0.2, 0.25) is 0 Å². The Morgan fingerprint density at radius 3 is 2.69 bits per heavy atom. The van der Waals surface area contributed by atoms with Gasteiger partial charge < -0.3 is 10.4 Å². The molecule has 0 heterocycles. The minimum atomic E-state index is -0.668. The number of rotatable bonds is 5. The minimum absolute atomic E-state index is 0.236. The van der Waals surface area contributed by atoms with Gasteiger partial charge in [-0.15, -0.1) is 0 Å². The normalized spacial score (nSPS) is 15.1. The molecule has 0 fully saturated rings. The van der Waals surface area contributed by atoms with Crippen LogP contribution in [0.25, 0.3) is 0 Å². The van der Waals surface area contributed by atoms with E-state index in [1.165, 1.54) is 0 Å². The molecule has 0 aliphatic heterocycles. The van der Waals surface area contributed by atoms with Gasteiger partial charge in [-0.05, 0) is 30.5 Å². The van der Waals surface area contributed by atoms with Gasteiger partial charge in [-0.2, -0.15) is 0 Å². The zero-order valence-corrected chi connectivity index (χ0v) is 10.9. The van der Waals surface area contributed by atoms with Gasteiger partial charge in [-0.3, -0.25) is 0 Å². The number of halogens is 1. The molecule has 0 amide bonds. The Balaban J connectivity index is 2.42. The summed E-state index contributed by atoms with van der Waals surface area (Å²) in [7, 11) is 0. The highest BCUT2D eigenvalue weighted by Crippen LogP contribution is 2.15. The van der Waals surface area contributed by atoms with Crippen molar-refractivity contribution in [1.82, 2.24) is 5.32 Å². The topological polar surface area (TPSA) is 32.3 Å². The summed E-state index contributed by atoms with van der Waals surface area (Å²) in [6.07, 6.45) is 0. The molecule has 0 aromatic heterocycles. The van der Waals surface area contributed by atoms with Gasteiger partial charge in [0.05, 0.1) is 5.60 Å². The maximum absolute atomic E-state index is 10.0. The molecule has 1 aromatic rings. The van der Waals surface area contributed by atoms with E-state index in [1.54, 1.807) is 0 Å². The molecule has 1 rings (SSSR count). The molecule has 1 unspecified atom stereocenters. The largest absolute Gasteiger partial charge is 0.389 e. The van der Waals surface area contributed by atoms with Gasteiger partial charge in [0.25, 0.3) is 0 Å². The van der Waals surface area contributed by atoms with Crippen LogP contribution in [0.2, 0.25) is 5.02 Å². The first-order chi connectivity index (χ1) is 7.42. The lowest BCUT2D eigenvalue weighted by Gasteiger charge is -2.28. The molecule has 0 radical (unpaired) electrons. The highest BCUT2D eigenvalue weighted by molar-refractivity contribution is 6.30. The van der Waals surface area contributed by atoms with E-state index >= 15 is 0 Å². The van der Waals surface area contributed by atoms with Gasteiger partial charge in [0, 0.05) is 18.1 Å². The molecule has 2 N–H and O–H groups in total. The summed E-state index contributed by atoms with van der Waals surface area (Å²) in [6, 6.07) is 7.73. The van der Waals surface area contributed by atoms with Crippen molar-refractivity contribution in [3.8, 4) is 0 Å². The van der Waals surface area contributed by atoms with Crippen molar-refractivity contribution in [1.29, 1.82) is 0 Å². The van der Waals surface area contributed by atoms with Crippen LogP contribution in [0, 0.1) is 5.92 Å². The smallest absolute Gasteiger partial charge is 0.0766 e. The predicted octanol–water partition coefficient (Wildman–Crippen LogP) is 2.84. The molecule has 2 nitrogen and oxygen atoms in total. The maximum Gasteiger partial charge on any atom is 0.0766 e. The number of nitrogens with one attached hydrogen (secondary N) is 1. The summed E-state index contributed by atoms with van der Waals surface area (Å²) < 4.78 is 0. The Kier molecular flexibility index (Phi) is 4.78. The second-order valence-corrected chi connectivity index (χ2v) is 5.18. The van der Waals surface area contributed by atoms with Crippen molar-refractivity contribution in [3.05, 3.63) is 34.9 Å². The highest BCUT2D eigenvalue weighted by atomic mass is 35.5. The summed E-state index contributed by atoms with van der Waals surface area (Å²) in [6.45, 7) is 7.19. The van der Waals surface area contributed by atoms with Crippen LogP contribution in [0.5, 0.6) is 0 Å². The van der Waals surface area contributed by atoms with Gasteiger partial charge in [0.1, 0.15) is 0 Å². The SMILES string of the molecule is CC(C)C(C)(O)CNCc1cccc(Cl)c1. The number of hydrogen-bond donors (Lipinski definition) is 2. The summed E-state index contributed by atoms with van der Waals surface area (Å²) in [5, 5.41) is 14.0. The third-order valence-electron chi connectivity index (χ3n) is 2.94. The van der Waals surface area contributed by atoms with Gasteiger partial charge in [-0.25, -0.2) is 0 Å². The van der Waals surface area contributed by atoms with Crippen molar-refractivity contribution in [3.63, 3.8) is 0 Å². The monoisotopic (exact) mass is 241 g/mol. The molecule has 0 saturated heterocycles. The van der Waals surface area contributed by atoms with Crippen molar-refractivity contribution < 1.29 is 5.11 Å². The van der Waals surface area contributed by atoms with Gasteiger partial charge in [0.15, 0.2) is 0 Å². The Morgan fingerprint density at radius 2 is 2.12 bits per heavy atom. The summed E-state index contributed by atoms with van der Waals surface area (Å²) in [5.74, 6) is 0.236. The average Bonchev–Trinajstić information content (AvgIpc) is 2.17. The first-order valence-electron chi connectivity index (χ1n) is 5.59. The fraction of sp³-hybridized carbons (Fsp3) is 0.538. The average molecular weight is 242 g/mol. The van der Waals surface area contributed by atoms with E-state index in [1.807, 2.05) is 45.0 Å². The van der Waals surface area contributed by atoms with E-state index in [4.69, 9.17) is 11.6 Å². The molecule has 0 bridgehead atoms. The van der Waals surface area contributed by atoms with E-state index in [-0.39, 0.29) is 5.92 Å². The van der Waals surface area contributed by atoms with Crippen LogP contribution in [0.15, 0.2) is 24.3 Å². The van der Waals surface area contributed by atoms with Crippen molar-refractivity contribution >= 4 is 11.6 Å². The van der Waals surface area contributed by atoms with Crippen molar-refractivity contribution in [2.75, 3.05) is 6.54 Å². The Hall–Kier alpha value is -0.570. The number of hydrogen-bond acceptors (Lipinski definition) is 2. The zero-order chi connectivity index (χ0) is 12.2. The Morgan fingerprint density at radius 1 is 1.44 bits per heavy atom. The third-order valence-corrected chi connectivity index (χ3v) is 3.18. The molecule has 0 aliphatic carbocycles. The maximum atomic E-state index is 10.0. The lowest BCUT2D eigenvalue weighted by Crippen LogP contribution is -2.41. The van der Waals surface area contributed by atoms with Crippen LogP contribution in [0.1, 0.15) is 26.3 Å². The zero-order valence-electron chi connectivity index (χ0n) is 10.1. The van der Waals surface area contributed by atoms with Crippen molar-refractivity contribution in [2.24, 2.45) is 5.92 Å². The quantitative estimate of drug-likeness (QED) is 0.831. The standard InChI is InChI=1S/C13H20ClNO/c1-10(2)13(3,16)9-15-8-11-5-4-6-12(14)7-11/h4-7,10,15-16H,8-9H2,1-3H3. The predicted molar refractivity (Wildman–Crippen MR) is 68.6 cm³/mol. The highest BCUT2D eigenvalue weighted by Gasteiger charge is 2.23. The molecular formula is C13H20ClNO. The molecular weight excluding hydrogens is 222 g/mol. The lowest BCUT2D eigenvalue weighted by molar-refractivity contribution is 0.0140. The van der Waals surface area contributed by atoms with E-state index in [0.29, 0.717) is 6.54 Å². The molecule has 3 heteroatoms. The molecule has 0 spiro atoms. The second-order valence-electron chi connectivity index (χ2n) is 4.75. The Labute approximate surface area is 103 Å². The van der Waals surface area contributed by atoms with Crippen LogP contribution in [-0.2, 0) is 6.54 Å². The number of aliphatic hydroxyl groups is 1. The minimum Gasteiger partial charge on any atom is -0.389 e. The third kappa shape index (κ3) is 4.12. The molecule has 1 aromatic carbocycles. The first-order valence-corrected chi connectivity index (χ1v) is 5.97. The fourth-order valence-corrected chi connectivity index (χ4v) is 1.52. The van der Waals surface area contributed by atoms with Gasteiger partial charge in [-0.1, -0.05) is 37.6 Å². The van der Waals surface area contributed by atoms with Crippen LogP contribution < -0.4 is 5.32 Å². The van der Waals surface area contributed by atoms with Crippen LogP contribution in [0.4, 0.5) is 0 Å². The summed E-state index contributed by atoms with van der Waals surface area (Å²) in [4.78, 5) is 0.